The second kappa shape index (κ2) is 8.15. The first kappa shape index (κ1) is 16.1. The van der Waals surface area contributed by atoms with Crippen molar-refractivity contribution < 1.29 is 9.53 Å². The molecule has 0 aliphatic rings. The second-order valence-corrected chi connectivity index (χ2v) is 5.51. The van der Waals surface area contributed by atoms with Gasteiger partial charge in [0.25, 0.3) is 0 Å². The molecule has 1 N–H and O–H groups in total. The molecular weight excluding hydrogens is 302 g/mol. The molecule has 0 saturated heterocycles. The first-order valence-electron chi connectivity index (χ1n) is 8.17. The highest BCUT2D eigenvalue weighted by Gasteiger charge is 2.10. The summed E-state index contributed by atoms with van der Waals surface area (Å²) in [5, 5.41) is 2.69. The van der Waals surface area contributed by atoms with E-state index in [9.17, 15) is 4.79 Å². The van der Waals surface area contributed by atoms with E-state index < -0.39 is 0 Å². The van der Waals surface area contributed by atoms with Gasteiger partial charge in [-0.25, -0.2) is 4.98 Å². The van der Waals surface area contributed by atoms with E-state index in [4.69, 9.17) is 9.72 Å². The number of carbonyl (C=O) groups excluding carboxylic acids is 1. The van der Waals surface area contributed by atoms with Crippen molar-refractivity contribution in [3.05, 3.63) is 60.4 Å². The molecule has 1 heterocycles. The van der Waals surface area contributed by atoms with E-state index >= 15 is 0 Å². The van der Waals surface area contributed by atoms with Crippen LogP contribution in [-0.2, 0) is 17.8 Å². The highest BCUT2D eigenvalue weighted by Crippen LogP contribution is 2.17. The average Bonchev–Trinajstić information content (AvgIpc) is 2.97. The van der Waals surface area contributed by atoms with Crippen molar-refractivity contribution in [2.24, 2.45) is 0 Å². The van der Waals surface area contributed by atoms with E-state index in [-0.39, 0.29) is 0 Å². The van der Waals surface area contributed by atoms with Crippen LogP contribution in [0, 0.1) is 0 Å². The van der Waals surface area contributed by atoms with Gasteiger partial charge in [0.2, 0.25) is 6.41 Å². The number of rotatable bonds is 9. The van der Waals surface area contributed by atoms with Crippen LogP contribution >= 0.6 is 0 Å². The van der Waals surface area contributed by atoms with Gasteiger partial charge in [0.05, 0.1) is 17.6 Å². The SMILES string of the molecule is O=CNCCCc1nc2ccccc2n1CCOc1ccccc1. The van der Waals surface area contributed by atoms with Crippen LogP contribution in [0.3, 0.4) is 0 Å². The largest absolute Gasteiger partial charge is 0.492 e. The molecule has 0 aliphatic carbocycles. The quantitative estimate of drug-likeness (QED) is 0.487. The Morgan fingerprint density at radius 2 is 1.88 bits per heavy atom. The van der Waals surface area contributed by atoms with Crippen molar-refractivity contribution >= 4 is 17.4 Å². The molecule has 1 aromatic heterocycles. The van der Waals surface area contributed by atoms with Crippen molar-refractivity contribution in [2.45, 2.75) is 19.4 Å². The van der Waals surface area contributed by atoms with Crippen LogP contribution in [0.25, 0.3) is 11.0 Å². The normalized spacial score (nSPS) is 10.7. The van der Waals surface area contributed by atoms with Crippen LogP contribution in [0.2, 0.25) is 0 Å². The summed E-state index contributed by atoms with van der Waals surface area (Å²) in [6.45, 7) is 1.99. The van der Waals surface area contributed by atoms with Gasteiger partial charge in [-0.05, 0) is 30.7 Å². The zero-order valence-electron chi connectivity index (χ0n) is 13.5. The lowest BCUT2D eigenvalue weighted by Crippen LogP contribution is -2.15. The number of carbonyl (C=O) groups is 1. The number of benzene rings is 2. The van der Waals surface area contributed by atoms with Crippen molar-refractivity contribution in [3.8, 4) is 5.75 Å². The van der Waals surface area contributed by atoms with Crippen molar-refractivity contribution in [1.82, 2.24) is 14.9 Å². The summed E-state index contributed by atoms with van der Waals surface area (Å²) in [6.07, 6.45) is 2.42. The van der Waals surface area contributed by atoms with Crippen LogP contribution in [0.5, 0.6) is 5.75 Å². The van der Waals surface area contributed by atoms with Gasteiger partial charge in [-0.2, -0.15) is 0 Å². The van der Waals surface area contributed by atoms with Gasteiger partial charge in [-0.15, -0.1) is 0 Å². The highest BCUT2D eigenvalue weighted by atomic mass is 16.5. The summed E-state index contributed by atoms with van der Waals surface area (Å²) in [5.74, 6) is 1.90. The molecule has 124 valence electrons. The first-order chi connectivity index (χ1) is 11.9. The summed E-state index contributed by atoms with van der Waals surface area (Å²) in [4.78, 5) is 15.1. The molecule has 0 bridgehead atoms. The molecule has 2 aromatic carbocycles. The molecule has 0 fully saturated rings. The van der Waals surface area contributed by atoms with Gasteiger partial charge in [-0.1, -0.05) is 30.3 Å². The zero-order chi connectivity index (χ0) is 16.6. The fourth-order valence-electron chi connectivity index (χ4n) is 2.74. The predicted molar refractivity (Wildman–Crippen MR) is 94.1 cm³/mol. The van der Waals surface area contributed by atoms with Gasteiger partial charge in [-0.3, -0.25) is 4.79 Å². The van der Waals surface area contributed by atoms with E-state index in [1.165, 1.54) is 0 Å². The van der Waals surface area contributed by atoms with E-state index in [1.54, 1.807) is 0 Å². The monoisotopic (exact) mass is 323 g/mol. The summed E-state index contributed by atoms with van der Waals surface area (Å²) in [6, 6.07) is 17.9. The zero-order valence-corrected chi connectivity index (χ0v) is 13.5. The number of para-hydroxylation sites is 3. The third kappa shape index (κ3) is 3.93. The number of nitrogens with one attached hydrogen (secondary N) is 1. The number of imidazole rings is 1. The minimum absolute atomic E-state index is 0.587. The maximum absolute atomic E-state index is 10.4. The summed E-state index contributed by atoms with van der Waals surface area (Å²) in [5.41, 5.74) is 2.11. The predicted octanol–water partition coefficient (Wildman–Crippen LogP) is 2.79. The molecule has 0 saturated carbocycles. The van der Waals surface area contributed by atoms with Crippen LogP contribution in [0.4, 0.5) is 0 Å². The van der Waals surface area contributed by atoms with Gasteiger partial charge < -0.3 is 14.6 Å². The standard InChI is InChI=1S/C19H21N3O2/c23-15-20-12-6-11-19-21-17-9-4-5-10-18(17)22(19)13-14-24-16-7-2-1-3-8-16/h1-5,7-10,15H,6,11-14H2,(H,20,23). The molecule has 0 unspecified atom stereocenters. The summed E-state index contributed by atoms with van der Waals surface area (Å²) < 4.78 is 8.03. The number of aryl methyl sites for hydroxylation is 1. The minimum atomic E-state index is 0.587. The maximum Gasteiger partial charge on any atom is 0.207 e. The number of hydrogen-bond acceptors (Lipinski definition) is 3. The van der Waals surface area contributed by atoms with Crippen LogP contribution in [0.1, 0.15) is 12.2 Å². The van der Waals surface area contributed by atoms with Gasteiger partial charge in [0, 0.05) is 13.0 Å². The molecule has 5 nitrogen and oxygen atoms in total. The second-order valence-electron chi connectivity index (χ2n) is 5.51. The molecule has 3 aromatic rings. The Morgan fingerprint density at radius 1 is 1.08 bits per heavy atom. The van der Waals surface area contributed by atoms with Gasteiger partial charge >= 0.3 is 0 Å². The Morgan fingerprint density at radius 3 is 2.71 bits per heavy atom. The molecule has 1 amide bonds. The average molecular weight is 323 g/mol. The fourth-order valence-corrected chi connectivity index (χ4v) is 2.74. The van der Waals surface area contributed by atoms with Crippen LogP contribution in [-0.4, -0.2) is 29.1 Å². The van der Waals surface area contributed by atoms with E-state index in [0.29, 0.717) is 13.2 Å². The van der Waals surface area contributed by atoms with Crippen LogP contribution in [0.15, 0.2) is 54.6 Å². The Hall–Kier alpha value is -2.82. The van der Waals surface area contributed by atoms with E-state index in [1.807, 2.05) is 48.5 Å². The highest BCUT2D eigenvalue weighted by molar-refractivity contribution is 5.75. The van der Waals surface area contributed by atoms with Crippen molar-refractivity contribution in [2.75, 3.05) is 13.2 Å². The van der Waals surface area contributed by atoms with Crippen molar-refractivity contribution in [3.63, 3.8) is 0 Å². The van der Waals surface area contributed by atoms with Gasteiger partial charge in [0.1, 0.15) is 18.2 Å². The number of fused-ring (bicyclic) bond motifs is 1. The Kier molecular flexibility index (Phi) is 5.45. The third-order valence-electron chi connectivity index (χ3n) is 3.87. The molecule has 5 heteroatoms. The first-order valence-corrected chi connectivity index (χ1v) is 8.17. The lowest BCUT2D eigenvalue weighted by molar-refractivity contribution is -0.109. The van der Waals surface area contributed by atoms with E-state index in [0.717, 1.165) is 48.4 Å². The molecule has 0 aliphatic heterocycles. The number of amides is 1. The van der Waals surface area contributed by atoms with Gasteiger partial charge in [0.15, 0.2) is 0 Å². The minimum Gasteiger partial charge on any atom is -0.492 e. The lowest BCUT2D eigenvalue weighted by Gasteiger charge is -2.11. The smallest absolute Gasteiger partial charge is 0.207 e. The Labute approximate surface area is 141 Å². The Balaban J connectivity index is 1.70. The molecule has 24 heavy (non-hydrogen) atoms. The lowest BCUT2D eigenvalue weighted by atomic mass is 10.3. The number of nitrogens with zero attached hydrogens (tertiary/aromatic N) is 2. The molecular formula is C19H21N3O2. The molecule has 0 radical (unpaired) electrons. The summed E-state index contributed by atoms with van der Waals surface area (Å²) in [7, 11) is 0. The number of hydrogen-bond donors (Lipinski definition) is 1. The van der Waals surface area contributed by atoms with Crippen LogP contribution < -0.4 is 10.1 Å². The Bertz CT molecular complexity index is 784. The molecule has 3 rings (SSSR count). The number of aromatic nitrogens is 2. The summed E-state index contributed by atoms with van der Waals surface area (Å²) >= 11 is 0. The maximum atomic E-state index is 10.4. The molecule has 0 spiro atoms. The third-order valence-corrected chi connectivity index (χ3v) is 3.87. The molecule has 0 atom stereocenters. The fraction of sp³-hybridized carbons (Fsp3) is 0.263. The van der Waals surface area contributed by atoms with E-state index in [2.05, 4.69) is 16.0 Å². The topological polar surface area (TPSA) is 56.2 Å². The van der Waals surface area contributed by atoms with Crippen molar-refractivity contribution in [1.29, 1.82) is 0 Å². The number of ether oxygens (including phenoxy) is 1.